The maximum Gasteiger partial charge on any atom is 0.239 e. The number of carbonyl (C=O) groups is 1. The van der Waals surface area contributed by atoms with E-state index in [4.69, 9.17) is 0 Å². The Hall–Kier alpha value is -0.570. The van der Waals surface area contributed by atoms with E-state index >= 15 is 0 Å². The smallest absolute Gasteiger partial charge is 0.239 e. The van der Waals surface area contributed by atoms with E-state index in [1.807, 2.05) is 25.8 Å². The Morgan fingerprint density at radius 1 is 1.54 bits per heavy atom. The second-order valence-corrected chi connectivity index (χ2v) is 4.34. The molecule has 0 aromatic carbocycles. The fourth-order valence-corrected chi connectivity index (χ4v) is 1.60. The van der Waals surface area contributed by atoms with Crippen molar-refractivity contribution in [3.63, 3.8) is 0 Å². The van der Waals surface area contributed by atoms with Crippen molar-refractivity contribution in [3.05, 3.63) is 0 Å². The fraction of sp³-hybridized carbons (Fsp3) is 0.900. The standard InChI is InChI=1S/C10H20N2O/c1-7(2)12(4)10(13)9-5-8(3)6-11-9/h7-9,11H,5-6H2,1-4H3/t8-,9+/m1/s1. The Bertz CT molecular complexity index is 191. The second-order valence-electron chi connectivity index (χ2n) is 4.34. The second kappa shape index (κ2) is 4.09. The van der Waals surface area contributed by atoms with E-state index in [1.165, 1.54) is 0 Å². The Labute approximate surface area is 80.5 Å². The number of nitrogens with zero attached hydrogens (tertiary/aromatic N) is 1. The van der Waals surface area contributed by atoms with Crippen molar-refractivity contribution in [2.75, 3.05) is 13.6 Å². The predicted octanol–water partition coefficient (Wildman–Crippen LogP) is 0.851. The lowest BCUT2D eigenvalue weighted by atomic mass is 10.1. The average molecular weight is 184 g/mol. The van der Waals surface area contributed by atoms with Crippen LogP contribution in [0.4, 0.5) is 0 Å². The highest BCUT2D eigenvalue weighted by Gasteiger charge is 2.29. The van der Waals surface area contributed by atoms with Crippen molar-refractivity contribution in [2.45, 2.75) is 39.3 Å². The van der Waals surface area contributed by atoms with Crippen LogP contribution in [0.3, 0.4) is 0 Å². The van der Waals surface area contributed by atoms with Crippen LogP contribution in [0.2, 0.25) is 0 Å². The van der Waals surface area contributed by atoms with Crippen molar-refractivity contribution in [1.82, 2.24) is 10.2 Å². The minimum absolute atomic E-state index is 0.0578. The van der Waals surface area contributed by atoms with Gasteiger partial charge in [-0.3, -0.25) is 4.79 Å². The third-order valence-corrected chi connectivity index (χ3v) is 2.77. The molecule has 1 heterocycles. The maximum atomic E-state index is 11.8. The molecule has 76 valence electrons. The topological polar surface area (TPSA) is 32.3 Å². The van der Waals surface area contributed by atoms with E-state index in [2.05, 4.69) is 12.2 Å². The van der Waals surface area contributed by atoms with Gasteiger partial charge in [0.25, 0.3) is 0 Å². The summed E-state index contributed by atoms with van der Waals surface area (Å²) in [5.74, 6) is 0.869. The molecule has 1 aliphatic rings. The molecule has 1 saturated heterocycles. The van der Waals surface area contributed by atoms with Gasteiger partial charge in [-0.2, -0.15) is 0 Å². The van der Waals surface area contributed by atoms with Gasteiger partial charge in [0.2, 0.25) is 5.91 Å². The van der Waals surface area contributed by atoms with E-state index in [9.17, 15) is 4.79 Å². The van der Waals surface area contributed by atoms with Gasteiger partial charge in [0.05, 0.1) is 6.04 Å². The summed E-state index contributed by atoms with van der Waals surface area (Å²) in [6.07, 6.45) is 0.982. The van der Waals surface area contributed by atoms with Gasteiger partial charge in [0.1, 0.15) is 0 Å². The quantitative estimate of drug-likeness (QED) is 0.690. The normalized spacial score (nSPS) is 28.1. The van der Waals surface area contributed by atoms with Crippen LogP contribution in [-0.2, 0) is 4.79 Å². The number of amides is 1. The highest BCUT2D eigenvalue weighted by Crippen LogP contribution is 2.15. The molecule has 0 saturated carbocycles. The van der Waals surface area contributed by atoms with Gasteiger partial charge < -0.3 is 10.2 Å². The Kier molecular flexibility index (Phi) is 3.31. The summed E-state index contributed by atoms with van der Waals surface area (Å²) in [6.45, 7) is 7.23. The van der Waals surface area contributed by atoms with Crippen molar-refractivity contribution in [3.8, 4) is 0 Å². The van der Waals surface area contributed by atoms with Crippen LogP contribution in [-0.4, -0.2) is 36.5 Å². The molecule has 3 heteroatoms. The summed E-state index contributed by atoms with van der Waals surface area (Å²) in [6, 6.07) is 0.354. The van der Waals surface area contributed by atoms with Crippen LogP contribution in [0.15, 0.2) is 0 Å². The van der Waals surface area contributed by atoms with Gasteiger partial charge in [-0.25, -0.2) is 0 Å². The minimum atomic E-state index is 0.0578. The summed E-state index contributed by atoms with van der Waals surface area (Å²) in [7, 11) is 1.87. The van der Waals surface area contributed by atoms with Gasteiger partial charge in [0, 0.05) is 13.1 Å². The molecule has 0 radical (unpaired) electrons. The van der Waals surface area contributed by atoms with Crippen molar-refractivity contribution < 1.29 is 4.79 Å². The third kappa shape index (κ3) is 2.44. The molecule has 3 nitrogen and oxygen atoms in total. The fourth-order valence-electron chi connectivity index (χ4n) is 1.60. The number of likely N-dealkylation sites (N-methyl/N-ethyl adjacent to an activating group) is 1. The summed E-state index contributed by atoms with van der Waals surface area (Å²) in [5.41, 5.74) is 0. The molecule has 0 aromatic heterocycles. The van der Waals surface area contributed by atoms with Crippen molar-refractivity contribution in [2.24, 2.45) is 5.92 Å². The molecule has 1 rings (SSSR count). The van der Waals surface area contributed by atoms with Crippen molar-refractivity contribution >= 4 is 5.91 Å². The molecule has 0 aliphatic carbocycles. The molecular formula is C10H20N2O. The van der Waals surface area contributed by atoms with Crippen LogP contribution in [0.1, 0.15) is 27.2 Å². The SMILES string of the molecule is CC(C)N(C)C(=O)[C@@H]1C[C@@H](C)CN1. The van der Waals surface area contributed by atoms with E-state index in [0.717, 1.165) is 13.0 Å². The highest BCUT2D eigenvalue weighted by atomic mass is 16.2. The van der Waals surface area contributed by atoms with Gasteiger partial charge in [-0.1, -0.05) is 6.92 Å². The first kappa shape index (κ1) is 10.5. The first-order valence-electron chi connectivity index (χ1n) is 5.02. The summed E-state index contributed by atoms with van der Waals surface area (Å²) >= 11 is 0. The molecule has 1 amide bonds. The van der Waals surface area contributed by atoms with Crippen molar-refractivity contribution in [1.29, 1.82) is 0 Å². The van der Waals surface area contributed by atoms with E-state index in [0.29, 0.717) is 12.0 Å². The van der Waals surface area contributed by atoms with Crippen LogP contribution >= 0.6 is 0 Å². The maximum absolute atomic E-state index is 11.8. The molecule has 1 fully saturated rings. The number of hydrogen-bond acceptors (Lipinski definition) is 2. The molecule has 0 spiro atoms. The molecule has 0 aromatic rings. The largest absolute Gasteiger partial charge is 0.342 e. The number of carbonyl (C=O) groups excluding carboxylic acids is 1. The van der Waals surface area contributed by atoms with Crippen LogP contribution in [0, 0.1) is 5.92 Å². The zero-order chi connectivity index (χ0) is 10.0. The van der Waals surface area contributed by atoms with Crippen LogP contribution < -0.4 is 5.32 Å². The molecule has 13 heavy (non-hydrogen) atoms. The predicted molar refractivity (Wildman–Crippen MR) is 53.5 cm³/mol. The number of nitrogens with one attached hydrogen (secondary N) is 1. The zero-order valence-electron chi connectivity index (χ0n) is 9.00. The first-order chi connectivity index (χ1) is 6.02. The lowest BCUT2D eigenvalue weighted by Crippen LogP contribution is -2.44. The number of hydrogen-bond donors (Lipinski definition) is 1. The zero-order valence-corrected chi connectivity index (χ0v) is 9.00. The van der Waals surface area contributed by atoms with E-state index in [-0.39, 0.29) is 11.9 Å². The molecule has 2 atom stereocenters. The summed E-state index contributed by atoms with van der Waals surface area (Å²) < 4.78 is 0. The van der Waals surface area contributed by atoms with Crippen LogP contribution in [0.5, 0.6) is 0 Å². The van der Waals surface area contributed by atoms with Gasteiger partial charge in [0.15, 0.2) is 0 Å². The Morgan fingerprint density at radius 2 is 2.15 bits per heavy atom. The first-order valence-corrected chi connectivity index (χ1v) is 5.02. The van der Waals surface area contributed by atoms with Gasteiger partial charge >= 0.3 is 0 Å². The third-order valence-electron chi connectivity index (χ3n) is 2.77. The minimum Gasteiger partial charge on any atom is -0.342 e. The molecule has 1 aliphatic heterocycles. The lowest BCUT2D eigenvalue weighted by Gasteiger charge is -2.24. The van der Waals surface area contributed by atoms with E-state index in [1.54, 1.807) is 0 Å². The Balaban J connectivity index is 2.48. The number of rotatable bonds is 2. The lowest BCUT2D eigenvalue weighted by molar-refractivity contribution is -0.133. The highest BCUT2D eigenvalue weighted by molar-refractivity contribution is 5.82. The Morgan fingerprint density at radius 3 is 2.54 bits per heavy atom. The molecule has 0 bridgehead atoms. The molecule has 0 unspecified atom stereocenters. The molecular weight excluding hydrogens is 164 g/mol. The van der Waals surface area contributed by atoms with Gasteiger partial charge in [-0.15, -0.1) is 0 Å². The monoisotopic (exact) mass is 184 g/mol. The van der Waals surface area contributed by atoms with E-state index < -0.39 is 0 Å². The van der Waals surface area contributed by atoms with Crippen LogP contribution in [0.25, 0.3) is 0 Å². The summed E-state index contributed by atoms with van der Waals surface area (Å²) in [5, 5.41) is 3.25. The average Bonchev–Trinajstić information content (AvgIpc) is 2.49. The molecule has 1 N–H and O–H groups in total. The summed E-state index contributed by atoms with van der Waals surface area (Å²) in [4.78, 5) is 13.6. The van der Waals surface area contributed by atoms with Gasteiger partial charge in [-0.05, 0) is 32.7 Å².